The van der Waals surface area contributed by atoms with Gasteiger partial charge in [-0.15, -0.1) is 0 Å². The van der Waals surface area contributed by atoms with E-state index >= 15 is 0 Å². The largest absolute Gasteiger partial charge is 0.455 e. The first-order valence-electron chi connectivity index (χ1n) is 8.34. The minimum atomic E-state index is -0.749. The van der Waals surface area contributed by atoms with Crippen LogP contribution >= 0.6 is 0 Å². The first-order valence-corrected chi connectivity index (χ1v) is 8.34. The number of nitrogens with zero attached hydrogens (tertiary/aromatic N) is 2. The second-order valence-corrected chi connectivity index (χ2v) is 5.90. The van der Waals surface area contributed by atoms with Crippen LogP contribution in [0.1, 0.15) is 40.5 Å². The van der Waals surface area contributed by atoms with E-state index in [4.69, 9.17) is 10.5 Å². The van der Waals surface area contributed by atoms with Gasteiger partial charge < -0.3 is 15.4 Å². The molecule has 0 aliphatic carbocycles. The van der Waals surface area contributed by atoms with Crippen LogP contribution < -0.4 is 21.9 Å². The highest BCUT2D eigenvalue weighted by molar-refractivity contribution is 5.97. The lowest BCUT2D eigenvalue weighted by atomic mass is 10.2. The number of carbonyl (C=O) groups is 2. The number of ether oxygens (including phenoxy) is 1. The molecule has 9 nitrogen and oxygen atoms in total. The number of hydrogen-bond donors (Lipinski definition) is 2. The number of hydrogen-bond acceptors (Lipinski definition) is 6. The highest BCUT2D eigenvalue weighted by atomic mass is 16.5. The van der Waals surface area contributed by atoms with Crippen LogP contribution in [0.25, 0.3) is 0 Å². The van der Waals surface area contributed by atoms with Crippen molar-refractivity contribution in [3.8, 4) is 0 Å². The van der Waals surface area contributed by atoms with E-state index in [-0.39, 0.29) is 24.0 Å². The molecule has 3 N–H and O–H groups in total. The maximum absolute atomic E-state index is 12.4. The van der Waals surface area contributed by atoms with Crippen LogP contribution in [0.15, 0.2) is 9.59 Å². The summed E-state index contributed by atoms with van der Waals surface area (Å²) in [6.07, 6.45) is 1.53. The number of carbonyl (C=O) groups excluding carboxylic acids is 2. The minimum absolute atomic E-state index is 0.0763. The van der Waals surface area contributed by atoms with Crippen molar-refractivity contribution in [1.29, 1.82) is 0 Å². The van der Waals surface area contributed by atoms with Gasteiger partial charge in [0.05, 0.1) is 5.92 Å². The number of anilines is 2. The van der Waals surface area contributed by atoms with Crippen LogP contribution in [-0.2, 0) is 20.9 Å². The fraction of sp³-hybridized carbons (Fsp3) is 0.625. The quantitative estimate of drug-likeness (QED) is 0.653. The van der Waals surface area contributed by atoms with E-state index in [1.807, 2.05) is 6.92 Å². The first kappa shape index (κ1) is 20.5. The number of amides is 1. The standard InChI is InChI=1S/C16H26N4O5/c1-5-7-8-20-13(17)12(14(22)18-16(20)24)19(6-2)11(21)9-25-15(23)10(3)4/h10H,5-9,17H2,1-4H3,(H,18,22,24). The molecule has 140 valence electrons. The van der Waals surface area contributed by atoms with E-state index < -0.39 is 29.7 Å². The molecule has 0 radical (unpaired) electrons. The van der Waals surface area contributed by atoms with Gasteiger partial charge in [0.25, 0.3) is 11.5 Å². The Bertz CT molecular complexity index is 735. The van der Waals surface area contributed by atoms with Crippen molar-refractivity contribution in [3.05, 3.63) is 20.8 Å². The number of rotatable bonds is 8. The van der Waals surface area contributed by atoms with Crippen LogP contribution in [0.2, 0.25) is 0 Å². The van der Waals surface area contributed by atoms with E-state index in [1.165, 1.54) is 4.57 Å². The molecular formula is C16H26N4O5. The maximum Gasteiger partial charge on any atom is 0.330 e. The molecule has 1 heterocycles. The van der Waals surface area contributed by atoms with Crippen molar-refractivity contribution in [2.24, 2.45) is 5.92 Å². The fourth-order valence-electron chi connectivity index (χ4n) is 2.21. The van der Waals surface area contributed by atoms with Crippen LogP contribution in [0.5, 0.6) is 0 Å². The number of aromatic amines is 1. The molecule has 0 bridgehead atoms. The maximum atomic E-state index is 12.4. The SMILES string of the molecule is CCCCn1c(N)c(N(CC)C(=O)COC(=O)C(C)C)c(=O)[nH]c1=O. The molecule has 0 aliphatic rings. The lowest BCUT2D eigenvalue weighted by Gasteiger charge is -2.23. The van der Waals surface area contributed by atoms with Crippen LogP contribution in [0, 0.1) is 5.92 Å². The van der Waals surface area contributed by atoms with E-state index in [1.54, 1.807) is 20.8 Å². The summed E-state index contributed by atoms with van der Waals surface area (Å²) in [5.41, 5.74) is 4.51. The molecule has 1 rings (SSSR count). The highest BCUT2D eigenvalue weighted by Gasteiger charge is 2.24. The molecule has 0 saturated heterocycles. The van der Waals surface area contributed by atoms with Gasteiger partial charge in [0.2, 0.25) is 0 Å². The van der Waals surface area contributed by atoms with Crippen molar-refractivity contribution in [2.75, 3.05) is 23.8 Å². The molecule has 9 heteroatoms. The molecule has 0 fully saturated rings. The molecule has 0 unspecified atom stereocenters. The molecule has 0 aliphatic heterocycles. The van der Waals surface area contributed by atoms with Crippen LogP contribution in [0.4, 0.5) is 11.5 Å². The lowest BCUT2D eigenvalue weighted by molar-refractivity contribution is -0.150. The second kappa shape index (κ2) is 9.05. The van der Waals surface area contributed by atoms with Gasteiger partial charge in [0, 0.05) is 13.1 Å². The molecule has 25 heavy (non-hydrogen) atoms. The van der Waals surface area contributed by atoms with Gasteiger partial charge in [-0.05, 0) is 13.3 Å². The number of nitrogen functional groups attached to an aromatic ring is 1. The number of aromatic nitrogens is 2. The predicted molar refractivity (Wildman–Crippen MR) is 94.5 cm³/mol. The van der Waals surface area contributed by atoms with Crippen molar-refractivity contribution < 1.29 is 14.3 Å². The summed E-state index contributed by atoms with van der Waals surface area (Å²) < 4.78 is 6.15. The Labute approximate surface area is 145 Å². The van der Waals surface area contributed by atoms with Gasteiger partial charge >= 0.3 is 11.7 Å². The topological polar surface area (TPSA) is 127 Å². The Hall–Kier alpha value is -2.58. The Morgan fingerprint density at radius 3 is 2.44 bits per heavy atom. The third-order valence-corrected chi connectivity index (χ3v) is 3.65. The zero-order valence-corrected chi connectivity index (χ0v) is 15.1. The number of nitrogens with one attached hydrogen (secondary N) is 1. The number of esters is 1. The summed E-state index contributed by atoms with van der Waals surface area (Å²) in [4.78, 5) is 51.3. The molecule has 0 saturated carbocycles. The van der Waals surface area contributed by atoms with Gasteiger partial charge in [-0.2, -0.15) is 0 Å². The zero-order valence-electron chi connectivity index (χ0n) is 15.1. The summed E-state index contributed by atoms with van der Waals surface area (Å²) in [7, 11) is 0. The summed E-state index contributed by atoms with van der Waals surface area (Å²) in [6.45, 7) is 6.88. The van der Waals surface area contributed by atoms with Gasteiger partial charge in [-0.25, -0.2) is 4.79 Å². The number of unbranched alkanes of at least 4 members (excludes halogenated alkanes) is 1. The molecule has 0 atom stereocenters. The van der Waals surface area contributed by atoms with E-state index in [2.05, 4.69) is 4.98 Å². The number of H-pyrrole nitrogens is 1. The summed E-state index contributed by atoms with van der Waals surface area (Å²) in [5, 5.41) is 0. The number of nitrogens with two attached hydrogens (primary N) is 1. The van der Waals surface area contributed by atoms with Crippen molar-refractivity contribution in [1.82, 2.24) is 9.55 Å². The van der Waals surface area contributed by atoms with Gasteiger partial charge in [0.15, 0.2) is 12.3 Å². The average molecular weight is 354 g/mol. The predicted octanol–water partition coefficient (Wildman–Crippen LogP) is 0.471. The first-order chi connectivity index (χ1) is 11.7. The third-order valence-electron chi connectivity index (χ3n) is 3.65. The van der Waals surface area contributed by atoms with Gasteiger partial charge in [0.1, 0.15) is 5.82 Å². The normalized spacial score (nSPS) is 10.8. The molecule has 1 amide bonds. The monoisotopic (exact) mass is 354 g/mol. The Kier molecular flexibility index (Phi) is 7.41. The van der Waals surface area contributed by atoms with E-state index in [0.717, 1.165) is 11.3 Å². The summed E-state index contributed by atoms with van der Waals surface area (Å²) >= 11 is 0. The summed E-state index contributed by atoms with van der Waals surface area (Å²) in [5.74, 6) is -1.55. The van der Waals surface area contributed by atoms with Gasteiger partial charge in [-0.3, -0.25) is 23.9 Å². The molecule has 1 aromatic heterocycles. The van der Waals surface area contributed by atoms with E-state index in [0.29, 0.717) is 13.0 Å². The minimum Gasteiger partial charge on any atom is -0.455 e. The third kappa shape index (κ3) is 4.94. The average Bonchev–Trinajstić information content (AvgIpc) is 2.55. The smallest absolute Gasteiger partial charge is 0.330 e. The Morgan fingerprint density at radius 2 is 1.92 bits per heavy atom. The van der Waals surface area contributed by atoms with Crippen LogP contribution in [-0.4, -0.2) is 34.6 Å². The lowest BCUT2D eigenvalue weighted by Crippen LogP contribution is -2.42. The molecule has 0 aromatic carbocycles. The molecule has 0 spiro atoms. The van der Waals surface area contributed by atoms with Crippen LogP contribution in [0.3, 0.4) is 0 Å². The van der Waals surface area contributed by atoms with Crippen molar-refractivity contribution >= 4 is 23.4 Å². The summed E-state index contributed by atoms with van der Waals surface area (Å²) in [6, 6.07) is 0. The highest BCUT2D eigenvalue weighted by Crippen LogP contribution is 2.17. The zero-order chi connectivity index (χ0) is 19.1. The Morgan fingerprint density at radius 1 is 1.28 bits per heavy atom. The number of likely N-dealkylation sites (N-methyl/N-ethyl adjacent to an activating group) is 1. The van der Waals surface area contributed by atoms with E-state index in [9.17, 15) is 19.2 Å². The fourth-order valence-corrected chi connectivity index (χ4v) is 2.21. The Balaban J connectivity index is 3.17. The molecule has 1 aromatic rings. The molecular weight excluding hydrogens is 328 g/mol. The van der Waals surface area contributed by atoms with Crippen molar-refractivity contribution in [3.63, 3.8) is 0 Å². The van der Waals surface area contributed by atoms with Gasteiger partial charge in [-0.1, -0.05) is 27.2 Å². The van der Waals surface area contributed by atoms with Crippen molar-refractivity contribution in [2.45, 2.75) is 47.1 Å². The second-order valence-electron chi connectivity index (χ2n) is 5.90.